The summed E-state index contributed by atoms with van der Waals surface area (Å²) in [5.41, 5.74) is 1.11. The van der Waals surface area contributed by atoms with Crippen LogP contribution in [0.2, 0.25) is 0 Å². The van der Waals surface area contributed by atoms with Gasteiger partial charge in [-0.3, -0.25) is 0 Å². The van der Waals surface area contributed by atoms with Crippen molar-refractivity contribution in [2.45, 2.75) is 6.42 Å². The molecule has 1 heterocycles. The van der Waals surface area contributed by atoms with Gasteiger partial charge in [-0.2, -0.15) is 11.3 Å². The Morgan fingerprint density at radius 3 is 3.09 bits per heavy atom. The molecule has 0 amide bonds. The molecule has 3 nitrogen and oxygen atoms in total. The molecule has 5 heteroatoms. The second kappa shape index (κ2) is 4.61. The summed E-state index contributed by atoms with van der Waals surface area (Å²) in [5.74, 6) is 0. The number of hydrogen-bond acceptors (Lipinski definition) is 4. The highest BCUT2D eigenvalue weighted by atomic mass is 32.2. The highest BCUT2D eigenvalue weighted by molar-refractivity contribution is 7.74. The van der Waals surface area contributed by atoms with Gasteiger partial charge >= 0.3 is 0 Å². The van der Waals surface area contributed by atoms with Crippen molar-refractivity contribution in [2.24, 2.45) is 0 Å². The third kappa shape index (κ3) is 3.62. The van der Waals surface area contributed by atoms with Gasteiger partial charge in [-0.05, 0) is 28.8 Å². The van der Waals surface area contributed by atoms with Crippen molar-refractivity contribution < 1.29 is 12.9 Å². The summed E-state index contributed by atoms with van der Waals surface area (Å²) in [4.78, 5) is 0. The Hall–Kier alpha value is -0.230. The molecule has 0 N–H and O–H groups in total. The maximum Gasteiger partial charge on any atom is 0.0842 e. The van der Waals surface area contributed by atoms with Gasteiger partial charge in [0.25, 0.3) is 0 Å². The second-order valence-electron chi connectivity index (χ2n) is 1.91. The van der Waals surface area contributed by atoms with Crippen molar-refractivity contribution in [3.63, 3.8) is 0 Å². The van der Waals surface area contributed by atoms with Crippen LogP contribution in [0.1, 0.15) is 5.56 Å². The summed E-state index contributed by atoms with van der Waals surface area (Å²) in [6, 6.07) is 1.95. The molecule has 62 valence electrons. The Labute approximate surface area is 71.5 Å². The molecule has 0 aromatic carbocycles. The van der Waals surface area contributed by atoms with Gasteiger partial charge in [0.05, 0.1) is 18.0 Å². The van der Waals surface area contributed by atoms with E-state index in [9.17, 15) is 8.76 Å². The van der Waals surface area contributed by atoms with Crippen LogP contribution in [0.25, 0.3) is 0 Å². The predicted molar refractivity (Wildman–Crippen MR) is 42.9 cm³/mol. The molecule has 0 bridgehead atoms. The van der Waals surface area contributed by atoms with Gasteiger partial charge in [0.1, 0.15) is 0 Å². The minimum atomic E-state index is -2.37. The summed E-state index contributed by atoms with van der Waals surface area (Å²) in [6.45, 7) is 0.229. The molecular formula is C6H7O3S2-. The monoisotopic (exact) mass is 191 g/mol. The molecule has 1 unspecified atom stereocenters. The summed E-state index contributed by atoms with van der Waals surface area (Å²) in [6.07, 6.45) is 0.650. The Kier molecular flexibility index (Phi) is 3.71. The quantitative estimate of drug-likeness (QED) is 0.670. The number of rotatable bonds is 4. The molecule has 1 aromatic rings. The highest BCUT2D eigenvalue weighted by Gasteiger charge is 1.92. The summed E-state index contributed by atoms with van der Waals surface area (Å²) < 4.78 is 24.2. The maximum atomic E-state index is 9.91. The van der Waals surface area contributed by atoms with E-state index in [4.69, 9.17) is 0 Å². The molecule has 0 saturated carbocycles. The molecule has 0 fully saturated rings. The van der Waals surface area contributed by atoms with E-state index in [0.29, 0.717) is 6.42 Å². The molecule has 11 heavy (non-hydrogen) atoms. The van der Waals surface area contributed by atoms with Crippen LogP contribution in [0.3, 0.4) is 0 Å². The van der Waals surface area contributed by atoms with E-state index >= 15 is 0 Å². The van der Waals surface area contributed by atoms with Gasteiger partial charge in [-0.1, -0.05) is 0 Å². The van der Waals surface area contributed by atoms with E-state index in [2.05, 4.69) is 4.18 Å². The van der Waals surface area contributed by atoms with Crippen LogP contribution < -0.4 is 0 Å². The van der Waals surface area contributed by atoms with Crippen molar-refractivity contribution in [3.8, 4) is 0 Å². The van der Waals surface area contributed by atoms with Crippen LogP contribution in [0.15, 0.2) is 16.8 Å². The van der Waals surface area contributed by atoms with Crippen molar-refractivity contribution in [3.05, 3.63) is 22.4 Å². The Balaban J connectivity index is 2.19. The largest absolute Gasteiger partial charge is 0.750 e. The topological polar surface area (TPSA) is 49.4 Å². The fourth-order valence-electron chi connectivity index (χ4n) is 0.662. The highest BCUT2D eigenvalue weighted by Crippen LogP contribution is 2.06. The maximum absolute atomic E-state index is 9.91. The lowest BCUT2D eigenvalue weighted by Gasteiger charge is -2.03. The zero-order chi connectivity index (χ0) is 8.10. The summed E-state index contributed by atoms with van der Waals surface area (Å²) >= 11 is -0.785. The number of thiophene rings is 1. The zero-order valence-electron chi connectivity index (χ0n) is 5.69. The van der Waals surface area contributed by atoms with Gasteiger partial charge in [0.15, 0.2) is 0 Å². The van der Waals surface area contributed by atoms with Gasteiger partial charge in [-0.25, -0.2) is 4.21 Å². The van der Waals surface area contributed by atoms with Crippen LogP contribution >= 0.6 is 11.3 Å². The lowest BCUT2D eigenvalue weighted by atomic mass is 10.3. The first kappa shape index (κ1) is 8.86. The molecule has 0 spiro atoms. The van der Waals surface area contributed by atoms with E-state index in [0.717, 1.165) is 5.56 Å². The van der Waals surface area contributed by atoms with Gasteiger partial charge in [-0.15, -0.1) is 0 Å². The average Bonchev–Trinajstić information content (AvgIpc) is 2.39. The van der Waals surface area contributed by atoms with E-state index in [-0.39, 0.29) is 6.61 Å². The van der Waals surface area contributed by atoms with Crippen LogP contribution in [0, 0.1) is 0 Å². The first-order valence-electron chi connectivity index (χ1n) is 3.02. The predicted octanol–water partition coefficient (Wildman–Crippen LogP) is 1.10. The smallest absolute Gasteiger partial charge is 0.0842 e. The minimum Gasteiger partial charge on any atom is -0.750 e. The van der Waals surface area contributed by atoms with Crippen molar-refractivity contribution in [1.82, 2.24) is 0 Å². The third-order valence-electron chi connectivity index (χ3n) is 1.15. The van der Waals surface area contributed by atoms with Gasteiger partial charge in [0.2, 0.25) is 0 Å². The van der Waals surface area contributed by atoms with E-state index in [1.807, 2.05) is 16.8 Å². The molecule has 1 aromatic heterocycles. The fourth-order valence-corrected chi connectivity index (χ4v) is 1.59. The van der Waals surface area contributed by atoms with E-state index in [1.165, 1.54) is 0 Å². The molecule has 1 atom stereocenters. The van der Waals surface area contributed by atoms with E-state index < -0.39 is 11.4 Å². The number of hydrogen-bond donors (Lipinski definition) is 0. The molecule has 1 rings (SSSR count). The molecule has 0 aliphatic carbocycles. The SMILES string of the molecule is O=S([O-])OCCc1ccsc1. The van der Waals surface area contributed by atoms with Crippen LogP contribution in [0.5, 0.6) is 0 Å². The zero-order valence-corrected chi connectivity index (χ0v) is 7.32. The van der Waals surface area contributed by atoms with Crippen molar-refractivity contribution >= 4 is 22.7 Å². The second-order valence-corrected chi connectivity index (χ2v) is 3.33. The van der Waals surface area contributed by atoms with E-state index in [1.54, 1.807) is 11.3 Å². The average molecular weight is 191 g/mol. The Morgan fingerprint density at radius 1 is 1.73 bits per heavy atom. The molecule has 0 aliphatic rings. The van der Waals surface area contributed by atoms with Gasteiger partial charge < -0.3 is 8.74 Å². The minimum absolute atomic E-state index is 0.229. The molecule has 0 aliphatic heterocycles. The van der Waals surface area contributed by atoms with Gasteiger partial charge in [0, 0.05) is 0 Å². The first-order chi connectivity index (χ1) is 5.29. The fraction of sp³-hybridized carbons (Fsp3) is 0.333. The van der Waals surface area contributed by atoms with Crippen LogP contribution in [-0.4, -0.2) is 15.4 Å². The van der Waals surface area contributed by atoms with Crippen molar-refractivity contribution in [1.29, 1.82) is 0 Å². The molecular weight excluding hydrogens is 184 g/mol. The van der Waals surface area contributed by atoms with Crippen LogP contribution in [0.4, 0.5) is 0 Å². The Morgan fingerprint density at radius 2 is 2.55 bits per heavy atom. The molecule has 0 radical (unpaired) electrons. The third-order valence-corrected chi connectivity index (χ3v) is 2.24. The summed E-state index contributed by atoms with van der Waals surface area (Å²) in [7, 11) is 0. The van der Waals surface area contributed by atoms with Crippen LogP contribution in [-0.2, 0) is 22.0 Å². The van der Waals surface area contributed by atoms with Crippen molar-refractivity contribution in [2.75, 3.05) is 6.61 Å². The summed E-state index contributed by atoms with van der Waals surface area (Å²) in [5, 5.41) is 3.92. The standard InChI is InChI=1S/C6H8O3S2/c7-11(8)9-3-1-6-2-4-10-5-6/h2,4-5H,1,3H2,(H,7,8)/p-1. The lowest BCUT2D eigenvalue weighted by molar-refractivity contribution is 0.304. The first-order valence-corrected chi connectivity index (χ1v) is 4.97. The molecule has 0 saturated heterocycles. The lowest BCUT2D eigenvalue weighted by Crippen LogP contribution is -1.99. The normalized spacial score (nSPS) is 13.2. The Bertz CT molecular complexity index is 220.